The summed E-state index contributed by atoms with van der Waals surface area (Å²) in [6.45, 7) is 13.3. The van der Waals surface area contributed by atoms with Crippen molar-refractivity contribution in [3.05, 3.63) is 80.0 Å². The number of nitrogens with zero attached hydrogens (tertiary/aromatic N) is 5. The number of carbonyl (C=O) groups is 1. The Balaban J connectivity index is 1.92. The zero-order valence-electron chi connectivity index (χ0n) is 26.3. The van der Waals surface area contributed by atoms with Gasteiger partial charge in [-0.05, 0) is 56.7 Å². The first-order chi connectivity index (χ1) is 22.2. The van der Waals surface area contributed by atoms with Crippen molar-refractivity contribution in [3.63, 3.8) is 0 Å². The van der Waals surface area contributed by atoms with Crippen LogP contribution in [0.5, 0.6) is 0 Å². The number of allylic oxidation sites excluding steroid dienone is 2. The number of hydrogen-bond donors (Lipinski definition) is 2. The van der Waals surface area contributed by atoms with Gasteiger partial charge in [0.05, 0.1) is 39.4 Å². The van der Waals surface area contributed by atoms with Crippen molar-refractivity contribution in [2.45, 2.75) is 52.7 Å². The second-order valence-electron chi connectivity index (χ2n) is 12.1. The summed E-state index contributed by atoms with van der Waals surface area (Å²) in [6.07, 6.45) is 4.71. The number of fused-ring (bicyclic) bond motifs is 1. The molecule has 2 aliphatic rings. The third-order valence-electron chi connectivity index (χ3n) is 8.60. The maximum Gasteiger partial charge on any atom is 0.276 e. The maximum atomic E-state index is 15.5. The number of pyridine rings is 2. The van der Waals surface area contributed by atoms with Crippen molar-refractivity contribution in [3.8, 4) is 17.3 Å². The van der Waals surface area contributed by atoms with Crippen molar-refractivity contribution >= 4 is 57.2 Å². The summed E-state index contributed by atoms with van der Waals surface area (Å²) in [5.41, 5.74) is 3.62. The Morgan fingerprint density at radius 1 is 1.19 bits per heavy atom. The minimum absolute atomic E-state index is 0.0685. The third kappa shape index (κ3) is 5.41. The molecule has 2 aromatic heterocycles. The van der Waals surface area contributed by atoms with Crippen LogP contribution in [0.1, 0.15) is 40.2 Å². The van der Waals surface area contributed by atoms with Crippen LogP contribution in [0.25, 0.3) is 28.0 Å². The van der Waals surface area contributed by atoms with Crippen molar-refractivity contribution in [1.82, 2.24) is 19.8 Å². The van der Waals surface area contributed by atoms with Crippen LogP contribution >= 0.6 is 23.2 Å². The number of amides is 1. The summed E-state index contributed by atoms with van der Waals surface area (Å²) in [5, 5.41) is 12.7. The lowest BCUT2D eigenvalue weighted by Crippen LogP contribution is -2.58. The largest absolute Gasteiger partial charge is 0.395 e. The van der Waals surface area contributed by atoms with E-state index in [4.69, 9.17) is 28.9 Å². The van der Waals surface area contributed by atoms with Gasteiger partial charge in [0.15, 0.2) is 17.5 Å². The summed E-state index contributed by atoms with van der Waals surface area (Å²) in [4.78, 5) is 35.2. The van der Waals surface area contributed by atoms with Gasteiger partial charge in [-0.15, -0.1) is 0 Å². The van der Waals surface area contributed by atoms with E-state index in [1.807, 2.05) is 27.7 Å². The number of rotatable bonds is 5. The summed E-state index contributed by atoms with van der Waals surface area (Å²) in [5.74, 6) is -4.97. The SMILES string of the molecule is C=CC(=O)N1[C@H](C)CN(c2c(C#N)c(=O)n(C3=C(C)C=CN[C@@H]3C(C)C)c3nc(-c4c(F)c(N)c(Cl)c(F)c4F)c(Cl)cc23)C[C@@H]1C. The number of nitriles is 1. The molecule has 3 N–H and O–H groups in total. The molecule has 1 amide bonds. The molecule has 246 valence electrons. The standard InChI is InChI=1S/C33H32Cl2F3N7O2/c1-7-21(46)44-16(5)12-43(13-17(44)6)31-18-10-20(34)29(22-24(36)26(38)23(35)27(40)25(22)37)42-32(18)45(33(47)19(31)11-39)30-15(4)8-9-41-28(30)14(2)3/h7-10,14,16-17,28,41H,1,12-13,40H2,2-6H3/t16-,17+,28-/m1/s1. The Morgan fingerprint density at radius 3 is 2.40 bits per heavy atom. The minimum atomic E-state index is -1.67. The molecule has 0 spiro atoms. The predicted molar refractivity (Wildman–Crippen MR) is 178 cm³/mol. The van der Waals surface area contributed by atoms with Crippen molar-refractivity contribution < 1.29 is 18.0 Å². The monoisotopic (exact) mass is 685 g/mol. The molecular formula is C33H32Cl2F3N7O2. The lowest BCUT2D eigenvalue weighted by atomic mass is 9.94. The van der Waals surface area contributed by atoms with Crippen LogP contribution in [-0.2, 0) is 4.79 Å². The van der Waals surface area contributed by atoms with Crippen LogP contribution in [0, 0.1) is 34.7 Å². The number of hydrogen-bond acceptors (Lipinski definition) is 7. The molecule has 0 unspecified atom stereocenters. The lowest BCUT2D eigenvalue weighted by molar-refractivity contribution is -0.130. The molecule has 9 nitrogen and oxygen atoms in total. The fraction of sp³-hybridized carbons (Fsp3) is 0.333. The van der Waals surface area contributed by atoms with Crippen LogP contribution in [0.3, 0.4) is 0 Å². The van der Waals surface area contributed by atoms with Crippen molar-refractivity contribution in [2.75, 3.05) is 23.7 Å². The second kappa shape index (κ2) is 12.6. The fourth-order valence-electron chi connectivity index (χ4n) is 6.51. The number of nitrogen functional groups attached to an aromatic ring is 1. The number of piperazine rings is 1. The smallest absolute Gasteiger partial charge is 0.276 e. The number of benzene rings is 1. The second-order valence-corrected chi connectivity index (χ2v) is 12.8. The summed E-state index contributed by atoms with van der Waals surface area (Å²) in [6, 6.07) is 2.25. The van der Waals surface area contributed by atoms with E-state index >= 15 is 8.78 Å². The molecule has 1 saturated heterocycles. The van der Waals surface area contributed by atoms with Crippen LogP contribution in [0.15, 0.2) is 41.4 Å². The highest BCUT2D eigenvalue weighted by Gasteiger charge is 2.37. The molecular weight excluding hydrogens is 654 g/mol. The molecule has 14 heteroatoms. The summed E-state index contributed by atoms with van der Waals surface area (Å²) >= 11 is 12.4. The first-order valence-electron chi connectivity index (χ1n) is 14.8. The lowest BCUT2D eigenvalue weighted by Gasteiger charge is -2.45. The molecule has 0 aliphatic carbocycles. The molecule has 3 aromatic rings. The number of carbonyl (C=O) groups excluding carboxylic acids is 1. The number of dihydropyridines is 1. The summed E-state index contributed by atoms with van der Waals surface area (Å²) < 4.78 is 47.0. The van der Waals surface area contributed by atoms with Gasteiger partial charge in [-0.1, -0.05) is 43.6 Å². The number of anilines is 2. The number of nitrogens with one attached hydrogen (secondary N) is 1. The highest BCUT2D eigenvalue weighted by molar-refractivity contribution is 6.35. The van der Waals surface area contributed by atoms with Crippen molar-refractivity contribution in [2.24, 2.45) is 5.92 Å². The molecule has 47 heavy (non-hydrogen) atoms. The van der Waals surface area contributed by atoms with Gasteiger partial charge in [0, 0.05) is 30.6 Å². The van der Waals surface area contributed by atoms with Crippen LogP contribution < -0.4 is 21.5 Å². The van der Waals surface area contributed by atoms with Gasteiger partial charge in [-0.3, -0.25) is 14.2 Å². The Morgan fingerprint density at radius 2 is 1.83 bits per heavy atom. The highest BCUT2D eigenvalue weighted by Crippen LogP contribution is 2.42. The van der Waals surface area contributed by atoms with E-state index in [0.717, 1.165) is 0 Å². The molecule has 4 heterocycles. The Hall–Kier alpha value is -4.47. The quantitative estimate of drug-likeness (QED) is 0.142. The Bertz CT molecular complexity index is 1980. The Kier molecular flexibility index (Phi) is 9.10. The first kappa shape index (κ1) is 33.9. The highest BCUT2D eigenvalue weighted by atomic mass is 35.5. The average molecular weight is 687 g/mol. The number of aromatic nitrogens is 2. The average Bonchev–Trinajstić information content (AvgIpc) is 3.02. The van der Waals surface area contributed by atoms with E-state index < -0.39 is 51.0 Å². The van der Waals surface area contributed by atoms with E-state index in [-0.39, 0.29) is 64.3 Å². The van der Waals surface area contributed by atoms with Gasteiger partial charge >= 0.3 is 0 Å². The minimum Gasteiger partial charge on any atom is -0.395 e. The van der Waals surface area contributed by atoms with Crippen LogP contribution in [0.4, 0.5) is 24.5 Å². The normalized spacial score (nSPS) is 19.7. The van der Waals surface area contributed by atoms with Gasteiger partial charge in [0.2, 0.25) is 5.91 Å². The molecule has 1 aromatic carbocycles. The fourth-order valence-corrected chi connectivity index (χ4v) is 6.92. The van der Waals surface area contributed by atoms with Gasteiger partial charge in [0.1, 0.15) is 22.3 Å². The van der Waals surface area contributed by atoms with Crippen LogP contribution in [0.2, 0.25) is 10.0 Å². The molecule has 0 radical (unpaired) electrons. The zero-order valence-corrected chi connectivity index (χ0v) is 27.8. The molecule has 2 aliphatic heterocycles. The van der Waals surface area contributed by atoms with E-state index in [9.17, 15) is 19.2 Å². The first-order valence-corrected chi connectivity index (χ1v) is 15.6. The van der Waals surface area contributed by atoms with E-state index in [1.165, 1.54) is 16.7 Å². The molecule has 0 saturated carbocycles. The van der Waals surface area contributed by atoms with Gasteiger partial charge < -0.3 is 20.9 Å². The Labute approximate surface area is 279 Å². The molecule has 0 bridgehead atoms. The molecule has 1 fully saturated rings. The van der Waals surface area contributed by atoms with E-state index in [1.54, 1.807) is 29.0 Å². The topological polar surface area (TPSA) is 120 Å². The van der Waals surface area contributed by atoms with Gasteiger partial charge in [-0.2, -0.15) is 5.26 Å². The van der Waals surface area contributed by atoms with Gasteiger partial charge in [-0.25, -0.2) is 18.2 Å². The third-order valence-corrected chi connectivity index (χ3v) is 9.26. The van der Waals surface area contributed by atoms with Crippen molar-refractivity contribution in [1.29, 1.82) is 5.26 Å². The predicted octanol–water partition coefficient (Wildman–Crippen LogP) is 6.23. The van der Waals surface area contributed by atoms with E-state index in [2.05, 4.69) is 22.9 Å². The number of halogens is 5. The maximum absolute atomic E-state index is 15.5. The summed E-state index contributed by atoms with van der Waals surface area (Å²) in [7, 11) is 0. The zero-order chi connectivity index (χ0) is 34.6. The number of nitrogens with two attached hydrogens (primary N) is 1. The van der Waals surface area contributed by atoms with Gasteiger partial charge in [0.25, 0.3) is 5.56 Å². The molecule has 3 atom stereocenters. The van der Waals surface area contributed by atoms with E-state index in [0.29, 0.717) is 11.3 Å². The van der Waals surface area contributed by atoms with Crippen LogP contribution in [-0.4, -0.2) is 51.6 Å². The molecule has 5 rings (SSSR count).